The van der Waals surface area contributed by atoms with Gasteiger partial charge in [-0.1, -0.05) is 18.2 Å². The average molecular weight is 362 g/mol. The highest BCUT2D eigenvalue weighted by atomic mass is 32.2. The molecule has 0 aliphatic heterocycles. The molecule has 0 saturated carbocycles. The van der Waals surface area contributed by atoms with Gasteiger partial charge in [-0.3, -0.25) is 9.52 Å². The SMILES string of the molecule is Cc1ccc(S(=O)(=O)Nc2ccccc2C(=O)N(C)C)cc1C(=O)O. The molecule has 0 fully saturated rings. The van der Waals surface area contributed by atoms with Crippen molar-refractivity contribution in [3.8, 4) is 0 Å². The van der Waals surface area contributed by atoms with Crippen LogP contribution >= 0.6 is 0 Å². The fourth-order valence-electron chi connectivity index (χ4n) is 2.20. The number of hydrogen-bond acceptors (Lipinski definition) is 4. The zero-order valence-corrected chi connectivity index (χ0v) is 14.8. The van der Waals surface area contributed by atoms with Gasteiger partial charge in [-0.05, 0) is 36.8 Å². The molecule has 2 N–H and O–H groups in total. The molecule has 25 heavy (non-hydrogen) atoms. The molecular formula is C17H18N2O5S. The standard InChI is InChI=1S/C17H18N2O5S/c1-11-8-9-12(10-14(11)17(21)22)25(23,24)18-15-7-5-4-6-13(15)16(20)19(2)3/h4-10,18H,1-3H3,(H,21,22). The van der Waals surface area contributed by atoms with Crippen molar-refractivity contribution in [2.75, 3.05) is 18.8 Å². The topological polar surface area (TPSA) is 104 Å². The molecule has 0 aliphatic rings. The molecule has 2 aromatic rings. The lowest BCUT2D eigenvalue weighted by Crippen LogP contribution is -2.24. The molecule has 8 heteroatoms. The first kappa shape index (κ1) is 18.5. The number of para-hydroxylation sites is 1. The van der Waals surface area contributed by atoms with Crippen LogP contribution in [-0.2, 0) is 10.0 Å². The first-order chi connectivity index (χ1) is 11.6. The number of carboxylic acids is 1. The number of rotatable bonds is 5. The van der Waals surface area contributed by atoms with Gasteiger partial charge in [0, 0.05) is 14.1 Å². The second-order valence-corrected chi connectivity index (χ2v) is 7.31. The van der Waals surface area contributed by atoms with Gasteiger partial charge in [-0.25, -0.2) is 13.2 Å². The largest absolute Gasteiger partial charge is 0.478 e. The van der Waals surface area contributed by atoms with Crippen LogP contribution in [0.15, 0.2) is 47.4 Å². The van der Waals surface area contributed by atoms with Gasteiger partial charge in [0.1, 0.15) is 0 Å². The molecule has 0 radical (unpaired) electrons. The molecule has 7 nitrogen and oxygen atoms in total. The maximum atomic E-state index is 12.6. The molecule has 0 atom stereocenters. The van der Waals surface area contributed by atoms with E-state index in [1.165, 1.54) is 29.2 Å². The molecule has 1 amide bonds. The Balaban J connectivity index is 2.46. The summed E-state index contributed by atoms with van der Waals surface area (Å²) in [6.07, 6.45) is 0. The van der Waals surface area contributed by atoms with Crippen molar-refractivity contribution < 1.29 is 23.1 Å². The van der Waals surface area contributed by atoms with Crippen LogP contribution in [0.25, 0.3) is 0 Å². The van der Waals surface area contributed by atoms with E-state index in [-0.39, 0.29) is 27.6 Å². The van der Waals surface area contributed by atoms with E-state index in [2.05, 4.69) is 4.72 Å². The fourth-order valence-corrected chi connectivity index (χ4v) is 3.31. The van der Waals surface area contributed by atoms with Crippen LogP contribution in [0.5, 0.6) is 0 Å². The van der Waals surface area contributed by atoms with E-state index < -0.39 is 16.0 Å². The summed E-state index contributed by atoms with van der Waals surface area (Å²) in [5, 5.41) is 9.16. The predicted molar refractivity (Wildman–Crippen MR) is 93.4 cm³/mol. The minimum atomic E-state index is -4.05. The van der Waals surface area contributed by atoms with Crippen molar-refractivity contribution in [2.24, 2.45) is 0 Å². The Morgan fingerprint density at radius 3 is 2.28 bits per heavy atom. The predicted octanol–water partition coefficient (Wildman–Crippen LogP) is 2.20. The number of sulfonamides is 1. The first-order valence-corrected chi connectivity index (χ1v) is 8.79. The second kappa shape index (κ2) is 6.94. The fraction of sp³-hybridized carbons (Fsp3) is 0.176. The monoisotopic (exact) mass is 362 g/mol. The second-order valence-electron chi connectivity index (χ2n) is 5.63. The van der Waals surface area contributed by atoms with Crippen molar-refractivity contribution >= 4 is 27.6 Å². The summed E-state index contributed by atoms with van der Waals surface area (Å²) in [5.41, 5.74) is 0.676. The Morgan fingerprint density at radius 2 is 1.68 bits per heavy atom. The number of anilines is 1. The molecule has 0 unspecified atom stereocenters. The number of carbonyl (C=O) groups excluding carboxylic acids is 1. The molecule has 2 aromatic carbocycles. The molecule has 0 aliphatic carbocycles. The smallest absolute Gasteiger partial charge is 0.335 e. The normalized spacial score (nSPS) is 11.0. The van der Waals surface area contributed by atoms with Crippen molar-refractivity contribution in [3.63, 3.8) is 0 Å². The summed E-state index contributed by atoms with van der Waals surface area (Å²) in [5.74, 6) is -1.56. The van der Waals surface area contributed by atoms with E-state index in [4.69, 9.17) is 5.11 Å². The number of nitrogens with zero attached hydrogens (tertiary/aromatic N) is 1. The van der Waals surface area contributed by atoms with E-state index in [0.29, 0.717) is 5.56 Å². The maximum Gasteiger partial charge on any atom is 0.335 e. The van der Waals surface area contributed by atoms with Crippen LogP contribution in [0.2, 0.25) is 0 Å². The Labute approximate surface area is 146 Å². The van der Waals surface area contributed by atoms with Crippen LogP contribution in [0.4, 0.5) is 5.69 Å². The number of hydrogen-bond donors (Lipinski definition) is 2. The molecule has 0 spiro atoms. The highest BCUT2D eigenvalue weighted by Gasteiger charge is 2.21. The first-order valence-electron chi connectivity index (χ1n) is 7.31. The minimum Gasteiger partial charge on any atom is -0.478 e. The molecule has 0 bridgehead atoms. The number of nitrogens with one attached hydrogen (secondary N) is 1. The van der Waals surface area contributed by atoms with Gasteiger partial charge >= 0.3 is 5.97 Å². The Bertz CT molecular complexity index is 936. The van der Waals surface area contributed by atoms with Gasteiger partial charge in [-0.15, -0.1) is 0 Å². The molecule has 0 saturated heterocycles. The number of amides is 1. The number of aryl methyl sites for hydroxylation is 1. The summed E-state index contributed by atoms with van der Waals surface area (Å²) in [6, 6.07) is 10.1. The minimum absolute atomic E-state index is 0.0967. The lowest BCUT2D eigenvalue weighted by molar-refractivity contribution is 0.0695. The van der Waals surface area contributed by atoms with Crippen LogP contribution < -0.4 is 4.72 Å². The molecular weight excluding hydrogens is 344 g/mol. The van der Waals surface area contributed by atoms with Crippen molar-refractivity contribution in [1.82, 2.24) is 4.90 Å². The lowest BCUT2D eigenvalue weighted by Gasteiger charge is -2.16. The van der Waals surface area contributed by atoms with Gasteiger partial charge in [0.15, 0.2) is 0 Å². The summed E-state index contributed by atoms with van der Waals surface area (Å²) < 4.78 is 27.6. The van der Waals surface area contributed by atoms with E-state index in [9.17, 15) is 18.0 Å². The lowest BCUT2D eigenvalue weighted by atomic mass is 10.1. The van der Waals surface area contributed by atoms with E-state index in [0.717, 1.165) is 6.07 Å². The summed E-state index contributed by atoms with van der Waals surface area (Å²) in [4.78, 5) is 24.5. The van der Waals surface area contributed by atoms with Gasteiger partial charge in [0.25, 0.3) is 15.9 Å². The summed E-state index contributed by atoms with van der Waals surface area (Å²) in [6.45, 7) is 1.58. The van der Waals surface area contributed by atoms with Gasteiger partial charge in [0.05, 0.1) is 21.7 Å². The van der Waals surface area contributed by atoms with Gasteiger partial charge < -0.3 is 10.0 Å². The third-order valence-electron chi connectivity index (χ3n) is 3.56. The highest BCUT2D eigenvalue weighted by molar-refractivity contribution is 7.92. The van der Waals surface area contributed by atoms with Crippen LogP contribution in [-0.4, -0.2) is 44.4 Å². The van der Waals surface area contributed by atoms with E-state index in [1.807, 2.05) is 0 Å². The van der Waals surface area contributed by atoms with Gasteiger partial charge in [-0.2, -0.15) is 0 Å². The summed E-state index contributed by atoms with van der Waals surface area (Å²) >= 11 is 0. The van der Waals surface area contributed by atoms with Gasteiger partial charge in [0.2, 0.25) is 0 Å². The Kier molecular flexibility index (Phi) is 5.13. The third kappa shape index (κ3) is 3.97. The number of aromatic carboxylic acids is 1. The Morgan fingerprint density at radius 1 is 1.04 bits per heavy atom. The number of carboxylic acid groups (broad SMARTS) is 1. The highest BCUT2D eigenvalue weighted by Crippen LogP contribution is 2.22. The molecule has 132 valence electrons. The van der Waals surface area contributed by atoms with Crippen molar-refractivity contribution in [2.45, 2.75) is 11.8 Å². The van der Waals surface area contributed by atoms with Crippen molar-refractivity contribution in [3.05, 3.63) is 59.2 Å². The zero-order chi connectivity index (χ0) is 18.8. The number of benzene rings is 2. The third-order valence-corrected chi connectivity index (χ3v) is 4.92. The Hall–Kier alpha value is -2.87. The molecule has 0 heterocycles. The number of carbonyl (C=O) groups is 2. The molecule has 0 aromatic heterocycles. The van der Waals surface area contributed by atoms with Crippen LogP contribution in [0.3, 0.4) is 0 Å². The zero-order valence-electron chi connectivity index (χ0n) is 14.0. The maximum absolute atomic E-state index is 12.6. The molecule has 2 rings (SSSR count). The van der Waals surface area contributed by atoms with Crippen molar-refractivity contribution in [1.29, 1.82) is 0 Å². The summed E-state index contributed by atoms with van der Waals surface area (Å²) in [7, 11) is -0.927. The van der Waals surface area contributed by atoms with Crippen LogP contribution in [0.1, 0.15) is 26.3 Å². The quantitative estimate of drug-likeness (QED) is 0.848. The average Bonchev–Trinajstić information content (AvgIpc) is 2.54. The van der Waals surface area contributed by atoms with E-state index in [1.54, 1.807) is 33.2 Å². The van der Waals surface area contributed by atoms with Crippen LogP contribution in [0, 0.1) is 6.92 Å². The van der Waals surface area contributed by atoms with E-state index >= 15 is 0 Å².